The van der Waals surface area contributed by atoms with Gasteiger partial charge in [-0.2, -0.15) is 0 Å². The summed E-state index contributed by atoms with van der Waals surface area (Å²) in [4.78, 5) is 11.6. The number of hydrogen-bond acceptors (Lipinski definition) is 5. The molecule has 23 heavy (non-hydrogen) atoms. The number of halogens is 1. The Labute approximate surface area is 143 Å². The number of carbonyl (C=O) groups is 1. The Kier molecular flexibility index (Phi) is 7.01. The average molecular weight is 363 g/mol. The predicted molar refractivity (Wildman–Crippen MR) is 90.4 cm³/mol. The molecule has 1 aromatic carbocycles. The van der Waals surface area contributed by atoms with Gasteiger partial charge in [0.2, 0.25) is 10.0 Å². The molecule has 0 bridgehead atoms. The Bertz CT molecular complexity index is 643. The van der Waals surface area contributed by atoms with E-state index in [9.17, 15) is 13.2 Å². The number of rotatable bonds is 5. The number of benzene rings is 1. The van der Waals surface area contributed by atoms with Gasteiger partial charge in [0.05, 0.1) is 17.6 Å². The molecule has 0 radical (unpaired) electrons. The predicted octanol–water partition coefficient (Wildman–Crippen LogP) is 1.56. The Morgan fingerprint density at radius 1 is 1.43 bits per heavy atom. The fourth-order valence-corrected chi connectivity index (χ4v) is 3.78. The van der Waals surface area contributed by atoms with Crippen molar-refractivity contribution in [2.75, 3.05) is 26.7 Å². The Hall–Kier alpha value is -1.15. The van der Waals surface area contributed by atoms with Gasteiger partial charge in [-0.15, -0.1) is 12.4 Å². The molecule has 2 N–H and O–H groups in total. The number of methoxy groups -OCH3 is 1. The lowest BCUT2D eigenvalue weighted by Gasteiger charge is -2.34. The molecule has 6 nitrogen and oxygen atoms in total. The molecule has 1 fully saturated rings. The van der Waals surface area contributed by atoms with Crippen LogP contribution < -0.4 is 10.0 Å². The van der Waals surface area contributed by atoms with E-state index in [1.165, 1.54) is 31.4 Å². The van der Waals surface area contributed by atoms with Crippen LogP contribution in [0.5, 0.6) is 0 Å². The highest BCUT2D eigenvalue weighted by Crippen LogP contribution is 2.25. The minimum Gasteiger partial charge on any atom is -0.465 e. The molecule has 1 atom stereocenters. The van der Waals surface area contributed by atoms with Crippen LogP contribution in [0.1, 0.15) is 30.1 Å². The van der Waals surface area contributed by atoms with E-state index < -0.39 is 16.0 Å². The van der Waals surface area contributed by atoms with Crippen molar-refractivity contribution < 1.29 is 17.9 Å². The second-order valence-electron chi connectivity index (χ2n) is 5.93. The molecule has 1 unspecified atom stereocenters. The van der Waals surface area contributed by atoms with Gasteiger partial charge in [0.15, 0.2) is 0 Å². The summed E-state index contributed by atoms with van der Waals surface area (Å²) >= 11 is 0. The number of sulfonamides is 1. The zero-order valence-electron chi connectivity index (χ0n) is 13.3. The van der Waals surface area contributed by atoms with Gasteiger partial charge in [0, 0.05) is 13.1 Å². The SMILES string of the molecule is COC(=O)c1cccc(S(=O)(=O)NCC2(C)CCCNC2)c1.Cl. The number of carbonyl (C=O) groups excluding carboxylic acids is 1. The summed E-state index contributed by atoms with van der Waals surface area (Å²) in [6.45, 7) is 4.19. The average Bonchev–Trinajstić information content (AvgIpc) is 2.53. The van der Waals surface area contributed by atoms with E-state index in [2.05, 4.69) is 21.7 Å². The standard InChI is InChI=1S/C15H22N2O4S.ClH/c1-15(7-4-8-16-10-15)11-17-22(19,20)13-6-3-5-12(9-13)14(18)21-2;/h3,5-6,9,16-17H,4,7-8,10-11H2,1-2H3;1H. The zero-order valence-corrected chi connectivity index (χ0v) is 14.9. The smallest absolute Gasteiger partial charge is 0.337 e. The Balaban J connectivity index is 0.00000264. The van der Waals surface area contributed by atoms with Crippen molar-refractivity contribution >= 4 is 28.4 Å². The van der Waals surface area contributed by atoms with Crippen molar-refractivity contribution in [1.82, 2.24) is 10.0 Å². The molecule has 130 valence electrons. The maximum absolute atomic E-state index is 12.4. The van der Waals surface area contributed by atoms with Gasteiger partial charge in [-0.25, -0.2) is 17.9 Å². The largest absolute Gasteiger partial charge is 0.465 e. The summed E-state index contributed by atoms with van der Waals surface area (Å²) in [5.41, 5.74) is 0.126. The van der Waals surface area contributed by atoms with Gasteiger partial charge in [-0.05, 0) is 43.0 Å². The molecule has 1 aliphatic heterocycles. The minimum atomic E-state index is -3.65. The van der Waals surface area contributed by atoms with E-state index in [4.69, 9.17) is 0 Å². The van der Waals surface area contributed by atoms with Crippen LogP contribution in [-0.2, 0) is 14.8 Å². The van der Waals surface area contributed by atoms with Crippen LogP contribution in [0.3, 0.4) is 0 Å². The fourth-order valence-electron chi connectivity index (χ4n) is 2.53. The van der Waals surface area contributed by atoms with E-state index in [-0.39, 0.29) is 28.3 Å². The van der Waals surface area contributed by atoms with Crippen LogP contribution in [0, 0.1) is 5.41 Å². The van der Waals surface area contributed by atoms with E-state index in [0.717, 1.165) is 25.9 Å². The first-order valence-corrected chi connectivity index (χ1v) is 8.73. The molecule has 1 heterocycles. The first-order chi connectivity index (χ1) is 10.4. The Morgan fingerprint density at radius 2 is 2.17 bits per heavy atom. The molecule has 0 aliphatic carbocycles. The van der Waals surface area contributed by atoms with Gasteiger partial charge in [0.25, 0.3) is 0 Å². The van der Waals surface area contributed by atoms with Crippen LogP contribution >= 0.6 is 12.4 Å². The monoisotopic (exact) mass is 362 g/mol. The van der Waals surface area contributed by atoms with Gasteiger partial charge >= 0.3 is 5.97 Å². The van der Waals surface area contributed by atoms with Crippen LogP contribution in [0.15, 0.2) is 29.2 Å². The second kappa shape index (κ2) is 8.10. The molecule has 8 heteroatoms. The minimum absolute atomic E-state index is 0. The lowest BCUT2D eigenvalue weighted by Crippen LogP contribution is -2.45. The third kappa shape index (κ3) is 5.17. The van der Waals surface area contributed by atoms with Crippen LogP contribution in [0.4, 0.5) is 0 Å². The van der Waals surface area contributed by atoms with Crippen molar-refractivity contribution in [2.45, 2.75) is 24.7 Å². The highest BCUT2D eigenvalue weighted by molar-refractivity contribution is 7.89. The van der Waals surface area contributed by atoms with Crippen molar-refractivity contribution in [1.29, 1.82) is 0 Å². The molecule has 2 rings (SSSR count). The van der Waals surface area contributed by atoms with Crippen molar-refractivity contribution in [3.05, 3.63) is 29.8 Å². The number of ether oxygens (including phenoxy) is 1. The highest BCUT2D eigenvalue weighted by Gasteiger charge is 2.28. The molecule has 1 aliphatic rings. The van der Waals surface area contributed by atoms with Crippen LogP contribution in [0.25, 0.3) is 0 Å². The Morgan fingerprint density at radius 3 is 2.78 bits per heavy atom. The summed E-state index contributed by atoms with van der Waals surface area (Å²) in [6, 6.07) is 5.85. The summed E-state index contributed by atoms with van der Waals surface area (Å²) in [7, 11) is -2.39. The number of esters is 1. The summed E-state index contributed by atoms with van der Waals surface area (Å²) in [6.07, 6.45) is 2.01. The quantitative estimate of drug-likeness (QED) is 0.776. The van der Waals surface area contributed by atoms with E-state index in [0.29, 0.717) is 6.54 Å². The summed E-state index contributed by atoms with van der Waals surface area (Å²) in [5.74, 6) is -0.555. The molecule has 0 amide bonds. The number of hydrogen-bond donors (Lipinski definition) is 2. The second-order valence-corrected chi connectivity index (χ2v) is 7.70. The highest BCUT2D eigenvalue weighted by atomic mass is 35.5. The van der Waals surface area contributed by atoms with E-state index in [1.807, 2.05) is 0 Å². The third-order valence-corrected chi connectivity index (χ3v) is 5.34. The number of piperidine rings is 1. The van der Waals surface area contributed by atoms with Gasteiger partial charge in [-0.3, -0.25) is 0 Å². The molecular formula is C15H23ClN2O4S. The normalized spacial score (nSPS) is 21.3. The molecule has 0 saturated carbocycles. The first kappa shape index (κ1) is 19.9. The third-order valence-electron chi connectivity index (χ3n) is 3.94. The first-order valence-electron chi connectivity index (χ1n) is 7.25. The molecule has 0 spiro atoms. The summed E-state index contributed by atoms with van der Waals surface area (Å²) in [5, 5.41) is 3.29. The summed E-state index contributed by atoms with van der Waals surface area (Å²) < 4.78 is 32.1. The van der Waals surface area contributed by atoms with Crippen LogP contribution in [0.2, 0.25) is 0 Å². The van der Waals surface area contributed by atoms with E-state index >= 15 is 0 Å². The lowest BCUT2D eigenvalue weighted by atomic mass is 9.83. The van der Waals surface area contributed by atoms with Crippen molar-refractivity contribution in [3.8, 4) is 0 Å². The van der Waals surface area contributed by atoms with Gasteiger partial charge in [0.1, 0.15) is 0 Å². The number of nitrogens with one attached hydrogen (secondary N) is 2. The maximum atomic E-state index is 12.4. The van der Waals surface area contributed by atoms with Crippen molar-refractivity contribution in [3.63, 3.8) is 0 Å². The fraction of sp³-hybridized carbons (Fsp3) is 0.533. The van der Waals surface area contributed by atoms with Gasteiger partial charge in [-0.1, -0.05) is 13.0 Å². The maximum Gasteiger partial charge on any atom is 0.337 e. The zero-order chi connectivity index (χ0) is 16.2. The molecule has 1 aromatic rings. The molecule has 0 aromatic heterocycles. The van der Waals surface area contributed by atoms with Crippen molar-refractivity contribution in [2.24, 2.45) is 5.41 Å². The lowest BCUT2D eigenvalue weighted by molar-refractivity contribution is 0.0600. The molecule has 1 saturated heterocycles. The van der Waals surface area contributed by atoms with E-state index in [1.54, 1.807) is 0 Å². The molecular weight excluding hydrogens is 340 g/mol. The topological polar surface area (TPSA) is 84.5 Å². The van der Waals surface area contributed by atoms with Crippen LogP contribution in [-0.4, -0.2) is 41.1 Å². The van der Waals surface area contributed by atoms with Gasteiger partial charge < -0.3 is 10.1 Å².